The normalized spacial score (nSPS) is 29.8. The second-order valence-corrected chi connectivity index (χ2v) is 6.97. The number of nitrogens with zero attached hydrogens (tertiary/aromatic N) is 1. The van der Waals surface area contributed by atoms with E-state index >= 15 is 0 Å². The van der Waals surface area contributed by atoms with Crippen LogP contribution in [0.4, 0.5) is 0 Å². The first-order valence-electron chi connectivity index (χ1n) is 8.71. The Morgan fingerprint density at radius 3 is 2.71 bits per heavy atom. The van der Waals surface area contributed by atoms with Crippen LogP contribution in [-0.2, 0) is 4.79 Å². The Hall–Kier alpha value is -1.75. The minimum atomic E-state index is -0.681. The van der Waals surface area contributed by atoms with Gasteiger partial charge in [-0.2, -0.15) is 0 Å². The van der Waals surface area contributed by atoms with Gasteiger partial charge in [0.25, 0.3) is 0 Å². The molecule has 132 valence electrons. The minimum absolute atomic E-state index is 0.0468. The maximum Gasteiger partial charge on any atom is 0.219 e. The lowest BCUT2D eigenvalue weighted by Crippen LogP contribution is -2.55. The lowest BCUT2D eigenvalue weighted by Gasteiger charge is -2.52. The second kappa shape index (κ2) is 6.63. The van der Waals surface area contributed by atoms with Gasteiger partial charge < -0.3 is 19.5 Å². The molecule has 1 amide bonds. The number of ether oxygens (including phenoxy) is 2. The molecule has 0 radical (unpaired) electrons. The van der Waals surface area contributed by atoms with Crippen LogP contribution in [0.2, 0.25) is 0 Å². The van der Waals surface area contributed by atoms with Crippen molar-refractivity contribution in [3.63, 3.8) is 0 Å². The molecule has 2 aliphatic rings. The summed E-state index contributed by atoms with van der Waals surface area (Å²) in [5, 5.41) is 11.2. The van der Waals surface area contributed by atoms with E-state index in [-0.39, 0.29) is 17.9 Å². The predicted molar refractivity (Wildman–Crippen MR) is 91.2 cm³/mol. The van der Waals surface area contributed by atoms with Gasteiger partial charge in [0.05, 0.1) is 25.9 Å². The molecule has 3 atom stereocenters. The largest absolute Gasteiger partial charge is 0.497 e. The van der Waals surface area contributed by atoms with Crippen LogP contribution in [0.5, 0.6) is 11.5 Å². The van der Waals surface area contributed by atoms with Crippen molar-refractivity contribution in [3.05, 3.63) is 23.8 Å². The third-order valence-corrected chi connectivity index (χ3v) is 5.73. The van der Waals surface area contributed by atoms with Gasteiger partial charge in [-0.1, -0.05) is 12.8 Å². The van der Waals surface area contributed by atoms with Crippen LogP contribution in [0.3, 0.4) is 0 Å². The number of rotatable bonds is 3. The molecule has 0 spiro atoms. The van der Waals surface area contributed by atoms with Gasteiger partial charge in [-0.3, -0.25) is 4.79 Å². The zero-order chi connectivity index (χ0) is 17.3. The molecular formula is C19H27NO4. The van der Waals surface area contributed by atoms with Crippen LogP contribution in [0.15, 0.2) is 18.2 Å². The number of piperidine rings is 1. The highest BCUT2D eigenvalue weighted by molar-refractivity contribution is 5.74. The van der Waals surface area contributed by atoms with E-state index in [1.165, 1.54) is 0 Å². The van der Waals surface area contributed by atoms with Crippen molar-refractivity contribution in [2.75, 3.05) is 20.8 Å². The molecule has 1 aromatic rings. The van der Waals surface area contributed by atoms with Crippen LogP contribution in [0.25, 0.3) is 0 Å². The summed E-state index contributed by atoms with van der Waals surface area (Å²) in [4.78, 5) is 14.2. The van der Waals surface area contributed by atoms with E-state index in [0.29, 0.717) is 18.7 Å². The fraction of sp³-hybridized carbons (Fsp3) is 0.632. The fourth-order valence-corrected chi connectivity index (χ4v) is 4.48. The second-order valence-electron chi connectivity index (χ2n) is 6.97. The van der Waals surface area contributed by atoms with E-state index in [2.05, 4.69) is 0 Å². The summed E-state index contributed by atoms with van der Waals surface area (Å²) >= 11 is 0. The fourth-order valence-electron chi connectivity index (χ4n) is 4.48. The van der Waals surface area contributed by atoms with Crippen molar-refractivity contribution in [2.24, 2.45) is 5.92 Å². The average Bonchev–Trinajstić information content (AvgIpc) is 2.59. The van der Waals surface area contributed by atoms with E-state index in [1.54, 1.807) is 21.1 Å². The van der Waals surface area contributed by atoms with Gasteiger partial charge in [-0.15, -0.1) is 0 Å². The van der Waals surface area contributed by atoms with E-state index in [1.807, 2.05) is 23.1 Å². The Morgan fingerprint density at radius 1 is 1.25 bits per heavy atom. The first-order chi connectivity index (χ1) is 11.5. The quantitative estimate of drug-likeness (QED) is 0.924. The van der Waals surface area contributed by atoms with Crippen molar-refractivity contribution < 1.29 is 19.4 Å². The Kier molecular flexibility index (Phi) is 4.72. The van der Waals surface area contributed by atoms with Gasteiger partial charge in [-0.25, -0.2) is 0 Å². The number of carbonyl (C=O) groups excluding carboxylic acids is 1. The van der Waals surface area contributed by atoms with Crippen LogP contribution in [0, 0.1) is 5.92 Å². The zero-order valence-electron chi connectivity index (χ0n) is 14.7. The number of carbonyl (C=O) groups is 1. The highest BCUT2D eigenvalue weighted by Gasteiger charge is 2.50. The van der Waals surface area contributed by atoms with Crippen LogP contribution >= 0.6 is 0 Å². The predicted octanol–water partition coefficient (Wildman–Crippen LogP) is 2.92. The standard InChI is InChI=1S/C19H27NO4/c1-13(21)20-11-10-19(22)9-5-4-6-16(19)18(20)15-8-7-14(23-2)12-17(15)24-3/h7-8,12,16,18,22H,4-6,9-11H2,1-3H3/t16?,18-,19?/m0/s1. The Morgan fingerprint density at radius 2 is 2.04 bits per heavy atom. The van der Waals surface area contributed by atoms with E-state index in [4.69, 9.17) is 9.47 Å². The summed E-state index contributed by atoms with van der Waals surface area (Å²) < 4.78 is 10.9. The molecule has 3 rings (SSSR count). The SMILES string of the molecule is COc1ccc([C@H]2C3CCCCC3(O)CCN2C(C)=O)c(OC)c1. The number of methoxy groups -OCH3 is 2. The molecule has 1 saturated heterocycles. The molecule has 24 heavy (non-hydrogen) atoms. The van der Waals surface area contributed by atoms with Crippen LogP contribution in [0.1, 0.15) is 50.6 Å². The summed E-state index contributed by atoms with van der Waals surface area (Å²) in [6.45, 7) is 2.19. The molecule has 1 aliphatic heterocycles. The van der Waals surface area contributed by atoms with E-state index in [9.17, 15) is 9.90 Å². The molecule has 1 saturated carbocycles. The molecule has 1 N–H and O–H groups in total. The number of aliphatic hydroxyl groups is 1. The highest BCUT2D eigenvalue weighted by Crippen LogP contribution is 2.51. The van der Waals surface area contributed by atoms with Gasteiger partial charge in [0, 0.05) is 31.0 Å². The van der Waals surface area contributed by atoms with Gasteiger partial charge in [0.1, 0.15) is 11.5 Å². The monoisotopic (exact) mass is 333 g/mol. The molecule has 1 aliphatic carbocycles. The van der Waals surface area contributed by atoms with Crippen LogP contribution < -0.4 is 9.47 Å². The van der Waals surface area contributed by atoms with Gasteiger partial charge in [-0.05, 0) is 31.4 Å². The minimum Gasteiger partial charge on any atom is -0.497 e. The highest BCUT2D eigenvalue weighted by atomic mass is 16.5. The van der Waals surface area contributed by atoms with Crippen molar-refractivity contribution in [1.29, 1.82) is 0 Å². The molecule has 0 aromatic heterocycles. The molecule has 5 nitrogen and oxygen atoms in total. The van der Waals surface area contributed by atoms with Crippen LogP contribution in [-0.4, -0.2) is 42.3 Å². The molecule has 2 unspecified atom stereocenters. The van der Waals surface area contributed by atoms with Crippen molar-refractivity contribution >= 4 is 5.91 Å². The van der Waals surface area contributed by atoms with Crippen molar-refractivity contribution in [3.8, 4) is 11.5 Å². The third kappa shape index (κ3) is 2.86. The summed E-state index contributed by atoms with van der Waals surface area (Å²) in [5.41, 5.74) is 0.276. The number of likely N-dealkylation sites (tertiary alicyclic amines) is 1. The van der Waals surface area contributed by atoms with Gasteiger partial charge in [0.15, 0.2) is 0 Å². The van der Waals surface area contributed by atoms with E-state index < -0.39 is 5.60 Å². The van der Waals surface area contributed by atoms with Crippen molar-refractivity contribution in [1.82, 2.24) is 4.90 Å². The van der Waals surface area contributed by atoms with Crippen molar-refractivity contribution in [2.45, 2.75) is 50.7 Å². The Bertz CT molecular complexity index is 617. The molecule has 5 heteroatoms. The number of hydrogen-bond acceptors (Lipinski definition) is 4. The Labute approximate surface area is 143 Å². The lowest BCUT2D eigenvalue weighted by atomic mass is 9.66. The lowest BCUT2D eigenvalue weighted by molar-refractivity contribution is -0.153. The van der Waals surface area contributed by atoms with Gasteiger partial charge in [0.2, 0.25) is 5.91 Å². The average molecular weight is 333 g/mol. The maximum atomic E-state index is 12.3. The summed E-state index contributed by atoms with van der Waals surface area (Å²) in [5.74, 6) is 1.52. The number of fused-ring (bicyclic) bond motifs is 1. The third-order valence-electron chi connectivity index (χ3n) is 5.73. The first-order valence-corrected chi connectivity index (χ1v) is 8.71. The smallest absolute Gasteiger partial charge is 0.219 e. The summed E-state index contributed by atoms with van der Waals surface area (Å²) in [7, 11) is 3.25. The summed E-state index contributed by atoms with van der Waals surface area (Å²) in [6.07, 6.45) is 4.55. The molecule has 0 bridgehead atoms. The molecular weight excluding hydrogens is 306 g/mol. The zero-order valence-corrected chi connectivity index (χ0v) is 14.7. The number of benzene rings is 1. The topological polar surface area (TPSA) is 59.0 Å². The Balaban J connectivity index is 2.07. The van der Waals surface area contributed by atoms with Gasteiger partial charge >= 0.3 is 0 Å². The van der Waals surface area contributed by atoms with E-state index in [0.717, 1.165) is 37.0 Å². The molecule has 1 heterocycles. The maximum absolute atomic E-state index is 12.3. The number of hydrogen-bond donors (Lipinski definition) is 1. The number of amides is 1. The summed E-state index contributed by atoms with van der Waals surface area (Å²) in [6, 6.07) is 5.57. The molecule has 1 aromatic carbocycles. The molecule has 2 fully saturated rings. The first kappa shape index (κ1) is 17.1.